The van der Waals surface area contributed by atoms with Crippen molar-refractivity contribution < 1.29 is 4.42 Å². The average Bonchev–Trinajstić information content (AvgIpc) is 3.67. The molecule has 0 N–H and O–H groups in total. The Morgan fingerprint density at radius 2 is 1.20 bits per heavy atom. The highest BCUT2D eigenvalue weighted by Crippen LogP contribution is 2.43. The van der Waals surface area contributed by atoms with Crippen molar-refractivity contribution in [1.82, 2.24) is 9.97 Å². The maximum atomic E-state index is 6.70. The zero-order chi connectivity index (χ0) is 29.0. The number of hydrogen-bond acceptors (Lipinski definition) is 4. The van der Waals surface area contributed by atoms with E-state index >= 15 is 0 Å². The van der Waals surface area contributed by atoms with Crippen LogP contribution in [0.3, 0.4) is 0 Å². The number of nitrogens with zero attached hydrogens (tertiary/aromatic N) is 2. The first kappa shape index (κ1) is 25.0. The molecule has 6 aromatic carbocycles. The van der Waals surface area contributed by atoms with Gasteiger partial charge in [-0.3, -0.25) is 0 Å². The summed E-state index contributed by atoms with van der Waals surface area (Å²) in [6.07, 6.45) is 1.66. The van der Waals surface area contributed by atoms with Crippen LogP contribution in [0.4, 0.5) is 0 Å². The average molecular weight is 581 g/mol. The van der Waals surface area contributed by atoms with E-state index in [1.54, 1.807) is 6.33 Å². The molecule has 4 heteroatoms. The number of aromatic nitrogens is 2. The van der Waals surface area contributed by atoms with Crippen molar-refractivity contribution in [2.75, 3.05) is 0 Å². The lowest BCUT2D eigenvalue weighted by Gasteiger charge is -2.08. The molecule has 0 unspecified atom stereocenters. The van der Waals surface area contributed by atoms with Crippen LogP contribution >= 0.6 is 11.3 Å². The molecule has 0 aliphatic heterocycles. The lowest BCUT2D eigenvalue weighted by Crippen LogP contribution is -1.88. The number of fused-ring (bicyclic) bond motifs is 6. The second kappa shape index (κ2) is 10.0. The van der Waals surface area contributed by atoms with E-state index in [1.165, 1.54) is 25.7 Å². The molecule has 3 aromatic heterocycles. The van der Waals surface area contributed by atoms with Crippen LogP contribution in [-0.4, -0.2) is 9.97 Å². The van der Waals surface area contributed by atoms with E-state index in [2.05, 4.69) is 127 Å². The van der Waals surface area contributed by atoms with Gasteiger partial charge in [-0.05, 0) is 57.6 Å². The van der Waals surface area contributed by atoms with Gasteiger partial charge in [-0.2, -0.15) is 0 Å². The fraction of sp³-hybridized carbons (Fsp3) is 0. The van der Waals surface area contributed by atoms with Gasteiger partial charge in [-0.15, -0.1) is 11.3 Å². The topological polar surface area (TPSA) is 38.9 Å². The molecular weight excluding hydrogens is 557 g/mol. The van der Waals surface area contributed by atoms with E-state index in [-0.39, 0.29) is 0 Å². The van der Waals surface area contributed by atoms with Gasteiger partial charge in [0.1, 0.15) is 23.1 Å². The molecule has 3 nitrogen and oxygen atoms in total. The smallest absolute Gasteiger partial charge is 0.180 e. The molecule has 9 aromatic rings. The van der Waals surface area contributed by atoms with Crippen molar-refractivity contribution >= 4 is 53.6 Å². The molecule has 206 valence electrons. The van der Waals surface area contributed by atoms with E-state index in [4.69, 9.17) is 14.4 Å². The van der Waals surface area contributed by atoms with E-state index in [0.29, 0.717) is 5.58 Å². The van der Waals surface area contributed by atoms with Crippen LogP contribution in [-0.2, 0) is 0 Å². The zero-order valence-electron chi connectivity index (χ0n) is 23.6. The van der Waals surface area contributed by atoms with Crippen LogP contribution in [0, 0.1) is 0 Å². The highest BCUT2D eigenvalue weighted by atomic mass is 32.1. The molecule has 0 amide bonds. The number of rotatable bonds is 4. The Balaban J connectivity index is 1.26. The normalized spacial score (nSPS) is 11.6. The molecule has 44 heavy (non-hydrogen) atoms. The predicted octanol–water partition coefficient (Wildman–Crippen LogP) is 11.4. The first-order valence-corrected chi connectivity index (χ1v) is 15.5. The molecule has 3 heterocycles. The molecule has 0 aliphatic rings. The molecule has 9 rings (SSSR count). The predicted molar refractivity (Wildman–Crippen MR) is 184 cm³/mol. The lowest BCUT2D eigenvalue weighted by atomic mass is 9.95. The molecular formula is C40H24N2OS. The van der Waals surface area contributed by atoms with E-state index in [1.807, 2.05) is 23.5 Å². The summed E-state index contributed by atoms with van der Waals surface area (Å²) in [6.45, 7) is 0. The van der Waals surface area contributed by atoms with Crippen LogP contribution in [0.25, 0.3) is 86.9 Å². The summed E-state index contributed by atoms with van der Waals surface area (Å²) < 4.78 is 9.29. The van der Waals surface area contributed by atoms with Crippen molar-refractivity contribution in [3.05, 3.63) is 146 Å². The highest BCUT2D eigenvalue weighted by molar-refractivity contribution is 7.26. The van der Waals surface area contributed by atoms with Crippen LogP contribution < -0.4 is 0 Å². The summed E-state index contributed by atoms with van der Waals surface area (Å²) >= 11 is 1.85. The second-order valence-corrected chi connectivity index (χ2v) is 12.0. The summed E-state index contributed by atoms with van der Waals surface area (Å²) in [5.41, 5.74) is 10.9. The molecule has 0 radical (unpaired) electrons. The van der Waals surface area contributed by atoms with Crippen molar-refractivity contribution in [1.29, 1.82) is 0 Å². The van der Waals surface area contributed by atoms with Crippen molar-refractivity contribution in [3.63, 3.8) is 0 Å². The Bertz CT molecular complexity index is 2490. The van der Waals surface area contributed by atoms with Crippen molar-refractivity contribution in [2.45, 2.75) is 0 Å². The first-order valence-electron chi connectivity index (χ1n) is 14.6. The molecule has 0 fully saturated rings. The summed E-state index contributed by atoms with van der Waals surface area (Å²) in [5, 5.41) is 3.59. The Morgan fingerprint density at radius 1 is 0.500 bits per heavy atom. The minimum absolute atomic E-state index is 0.696. The number of furan rings is 1. The monoisotopic (exact) mass is 580 g/mol. The van der Waals surface area contributed by atoms with Gasteiger partial charge in [0, 0.05) is 25.7 Å². The third-order valence-corrected chi connectivity index (χ3v) is 9.62. The quantitative estimate of drug-likeness (QED) is 0.208. The maximum absolute atomic E-state index is 6.70. The summed E-state index contributed by atoms with van der Waals surface area (Å²) in [7, 11) is 0. The Labute approximate surface area is 257 Å². The Kier molecular flexibility index (Phi) is 5.68. The number of benzene rings is 6. The van der Waals surface area contributed by atoms with Crippen LogP contribution in [0.1, 0.15) is 0 Å². The van der Waals surface area contributed by atoms with Gasteiger partial charge in [0.25, 0.3) is 0 Å². The van der Waals surface area contributed by atoms with Gasteiger partial charge in [0.05, 0.1) is 5.39 Å². The largest absolute Gasteiger partial charge is 0.452 e. The Morgan fingerprint density at radius 3 is 2.07 bits per heavy atom. The third-order valence-electron chi connectivity index (χ3n) is 8.40. The van der Waals surface area contributed by atoms with Gasteiger partial charge in [-0.25, -0.2) is 9.97 Å². The second-order valence-electron chi connectivity index (χ2n) is 11.0. The standard InChI is InChI=1S/C40H24N2OS/c1-3-11-25(12-4-1)29-22-33(26-13-5-2-6-14-26)36-34(23-29)43-39-37(41-24-42-38(36)39)28-16-9-15-27(21-28)30-18-10-19-32-31-17-7-8-20-35(31)44-40(30)32/h1-24H. The molecule has 0 saturated heterocycles. The Hall–Kier alpha value is -5.58. The molecule has 0 spiro atoms. The van der Waals surface area contributed by atoms with Gasteiger partial charge in [-0.1, -0.05) is 115 Å². The highest BCUT2D eigenvalue weighted by Gasteiger charge is 2.20. The summed E-state index contributed by atoms with van der Waals surface area (Å²) in [5.74, 6) is 0. The summed E-state index contributed by atoms with van der Waals surface area (Å²) in [4.78, 5) is 9.57. The van der Waals surface area contributed by atoms with Gasteiger partial charge in [0.15, 0.2) is 5.58 Å². The first-order chi connectivity index (χ1) is 21.8. The van der Waals surface area contributed by atoms with Crippen LogP contribution in [0.15, 0.2) is 150 Å². The zero-order valence-corrected chi connectivity index (χ0v) is 24.4. The van der Waals surface area contributed by atoms with Gasteiger partial charge >= 0.3 is 0 Å². The number of hydrogen-bond donors (Lipinski definition) is 0. The van der Waals surface area contributed by atoms with Gasteiger partial charge in [0.2, 0.25) is 0 Å². The van der Waals surface area contributed by atoms with Gasteiger partial charge < -0.3 is 4.42 Å². The fourth-order valence-corrected chi connectivity index (χ4v) is 7.59. The molecule has 0 saturated carbocycles. The minimum Gasteiger partial charge on any atom is -0.452 e. The maximum Gasteiger partial charge on any atom is 0.180 e. The van der Waals surface area contributed by atoms with Crippen LogP contribution in [0.2, 0.25) is 0 Å². The van der Waals surface area contributed by atoms with E-state index < -0.39 is 0 Å². The lowest BCUT2D eigenvalue weighted by molar-refractivity contribution is 0.667. The minimum atomic E-state index is 0.696. The SMILES string of the molecule is c1ccc(-c2cc(-c3ccccc3)c3c(c2)oc2c(-c4cccc(-c5cccc6c5sc5ccccc56)c4)ncnc23)cc1. The summed E-state index contributed by atoms with van der Waals surface area (Å²) in [6, 6.07) is 49.1. The van der Waals surface area contributed by atoms with Crippen LogP contribution in [0.5, 0.6) is 0 Å². The van der Waals surface area contributed by atoms with Crippen molar-refractivity contribution in [2.24, 2.45) is 0 Å². The van der Waals surface area contributed by atoms with E-state index in [9.17, 15) is 0 Å². The van der Waals surface area contributed by atoms with E-state index in [0.717, 1.165) is 55.6 Å². The molecule has 0 aliphatic carbocycles. The third kappa shape index (κ3) is 3.96. The molecule has 0 atom stereocenters. The molecule has 0 bridgehead atoms. The number of thiophene rings is 1. The van der Waals surface area contributed by atoms with Crippen molar-refractivity contribution in [3.8, 4) is 44.6 Å². The fourth-order valence-electron chi connectivity index (χ4n) is 6.36.